The number of amides is 2. The summed E-state index contributed by atoms with van der Waals surface area (Å²) in [5.41, 5.74) is 8.88. The standard InChI is InChI=1S/C28H29N3O4S/c1-16-12-17(2)25-19(15-34-23(25)13-16)14-24(32)31-30-21-7-4-8-22-26(21)18(3)27(35-22)28(33)29-10-9-20-6-5-11-36-20/h5-6,11-13,15H,4,7-10,14H2,1-3H3,(H,29,33)(H,31,32)/b30-21+. The molecule has 3 aromatic heterocycles. The highest BCUT2D eigenvalue weighted by atomic mass is 32.1. The fraction of sp³-hybridized carbons (Fsp3) is 0.321. The number of hydrogen-bond donors (Lipinski definition) is 2. The van der Waals surface area contributed by atoms with Crippen LogP contribution in [0, 0.1) is 20.8 Å². The van der Waals surface area contributed by atoms with Crippen LogP contribution in [0.25, 0.3) is 11.0 Å². The molecule has 0 bridgehead atoms. The first-order chi connectivity index (χ1) is 17.4. The van der Waals surface area contributed by atoms with Gasteiger partial charge in [-0.25, -0.2) is 5.43 Å². The number of hydrogen-bond acceptors (Lipinski definition) is 6. The molecule has 1 aliphatic rings. The molecular formula is C28H29N3O4S. The van der Waals surface area contributed by atoms with Crippen molar-refractivity contribution in [3.8, 4) is 0 Å². The number of benzene rings is 1. The molecule has 0 saturated heterocycles. The average Bonchev–Trinajstić information content (AvgIpc) is 3.58. The molecule has 1 aromatic carbocycles. The lowest BCUT2D eigenvalue weighted by molar-refractivity contribution is -0.120. The van der Waals surface area contributed by atoms with Crippen molar-refractivity contribution in [1.82, 2.24) is 10.7 Å². The number of furan rings is 2. The second kappa shape index (κ2) is 10.1. The van der Waals surface area contributed by atoms with Gasteiger partial charge in [-0.1, -0.05) is 12.1 Å². The van der Waals surface area contributed by atoms with Gasteiger partial charge in [0.15, 0.2) is 5.76 Å². The largest absolute Gasteiger partial charge is 0.464 e. The van der Waals surface area contributed by atoms with Crippen LogP contribution in [0.2, 0.25) is 0 Å². The number of nitrogens with zero attached hydrogens (tertiary/aromatic N) is 1. The number of carbonyl (C=O) groups is 2. The molecule has 5 rings (SSSR count). The SMILES string of the molecule is Cc1cc(C)c2c(CC(=O)N/N=C3\CCCc4oc(C(=O)NCCc5cccs5)c(C)c43)coc2c1. The summed E-state index contributed by atoms with van der Waals surface area (Å²) in [6.07, 6.45) is 4.89. The fourth-order valence-corrected chi connectivity index (χ4v) is 5.64. The van der Waals surface area contributed by atoms with Crippen LogP contribution in [0.3, 0.4) is 0 Å². The molecule has 1 aliphatic carbocycles. The Morgan fingerprint density at radius 1 is 1.17 bits per heavy atom. The average molecular weight is 504 g/mol. The van der Waals surface area contributed by atoms with Gasteiger partial charge in [-0.05, 0) is 68.7 Å². The number of carbonyl (C=O) groups excluding carboxylic acids is 2. The van der Waals surface area contributed by atoms with E-state index < -0.39 is 0 Å². The highest BCUT2D eigenvalue weighted by Gasteiger charge is 2.28. The van der Waals surface area contributed by atoms with E-state index in [0.717, 1.165) is 69.5 Å². The van der Waals surface area contributed by atoms with Gasteiger partial charge in [0.2, 0.25) is 5.91 Å². The van der Waals surface area contributed by atoms with Crippen molar-refractivity contribution >= 4 is 39.8 Å². The maximum atomic E-state index is 12.8. The van der Waals surface area contributed by atoms with Gasteiger partial charge in [0.1, 0.15) is 11.3 Å². The fourth-order valence-electron chi connectivity index (χ4n) is 4.93. The van der Waals surface area contributed by atoms with Crippen LogP contribution in [0.5, 0.6) is 0 Å². The minimum atomic E-state index is -0.223. The van der Waals surface area contributed by atoms with Gasteiger partial charge >= 0.3 is 0 Å². The van der Waals surface area contributed by atoms with Gasteiger partial charge in [-0.3, -0.25) is 9.59 Å². The van der Waals surface area contributed by atoms with Crippen molar-refractivity contribution in [2.45, 2.75) is 52.9 Å². The van der Waals surface area contributed by atoms with Crippen LogP contribution in [0.15, 0.2) is 49.8 Å². The van der Waals surface area contributed by atoms with Gasteiger partial charge in [0, 0.05) is 39.9 Å². The molecule has 2 amide bonds. The lowest BCUT2D eigenvalue weighted by atomic mass is 9.93. The molecule has 0 radical (unpaired) electrons. The Kier molecular flexibility index (Phi) is 6.78. The van der Waals surface area contributed by atoms with Crippen molar-refractivity contribution in [3.63, 3.8) is 0 Å². The molecule has 0 aliphatic heterocycles. The first-order valence-electron chi connectivity index (χ1n) is 12.2. The summed E-state index contributed by atoms with van der Waals surface area (Å²) in [7, 11) is 0. The van der Waals surface area contributed by atoms with E-state index in [9.17, 15) is 9.59 Å². The number of nitrogens with one attached hydrogen (secondary N) is 2. The normalized spacial score (nSPS) is 14.2. The Hall–Kier alpha value is -3.65. The zero-order chi connectivity index (χ0) is 25.2. The van der Waals surface area contributed by atoms with Crippen molar-refractivity contribution in [1.29, 1.82) is 0 Å². The van der Waals surface area contributed by atoms with Crippen molar-refractivity contribution in [3.05, 3.63) is 80.1 Å². The Bertz CT molecular complexity index is 1460. The van der Waals surface area contributed by atoms with Crippen LogP contribution in [-0.2, 0) is 24.1 Å². The second-order valence-electron chi connectivity index (χ2n) is 9.28. The zero-order valence-corrected chi connectivity index (χ0v) is 21.5. The highest BCUT2D eigenvalue weighted by molar-refractivity contribution is 7.09. The summed E-state index contributed by atoms with van der Waals surface area (Å²) in [6.45, 7) is 6.46. The predicted molar refractivity (Wildman–Crippen MR) is 141 cm³/mol. The number of hydrazone groups is 1. The third kappa shape index (κ3) is 4.86. The third-order valence-corrected chi connectivity index (χ3v) is 7.46. The molecule has 0 atom stereocenters. The van der Waals surface area contributed by atoms with Crippen LogP contribution in [-0.4, -0.2) is 24.1 Å². The Morgan fingerprint density at radius 2 is 2.03 bits per heavy atom. The van der Waals surface area contributed by atoms with Crippen LogP contribution >= 0.6 is 11.3 Å². The van der Waals surface area contributed by atoms with Gasteiger partial charge in [-0.2, -0.15) is 5.10 Å². The molecule has 8 heteroatoms. The quantitative estimate of drug-likeness (QED) is 0.331. The minimum absolute atomic E-state index is 0.169. The maximum Gasteiger partial charge on any atom is 0.287 e. The van der Waals surface area contributed by atoms with E-state index in [4.69, 9.17) is 8.83 Å². The van der Waals surface area contributed by atoms with Gasteiger partial charge < -0.3 is 14.2 Å². The maximum absolute atomic E-state index is 12.8. The smallest absolute Gasteiger partial charge is 0.287 e. The second-order valence-corrected chi connectivity index (χ2v) is 10.3. The molecule has 2 N–H and O–H groups in total. The van der Waals surface area contributed by atoms with Gasteiger partial charge in [0.25, 0.3) is 5.91 Å². The monoisotopic (exact) mass is 503 g/mol. The summed E-state index contributed by atoms with van der Waals surface area (Å²) >= 11 is 1.68. The third-order valence-electron chi connectivity index (χ3n) is 6.53. The topological polar surface area (TPSA) is 96.8 Å². The first kappa shape index (κ1) is 24.1. The van der Waals surface area contributed by atoms with Crippen LogP contribution < -0.4 is 10.7 Å². The zero-order valence-electron chi connectivity index (χ0n) is 20.7. The Balaban J connectivity index is 1.28. The van der Waals surface area contributed by atoms with E-state index >= 15 is 0 Å². The summed E-state index contributed by atoms with van der Waals surface area (Å²) < 4.78 is 11.6. The first-order valence-corrected chi connectivity index (χ1v) is 13.0. The van der Waals surface area contributed by atoms with Crippen molar-refractivity contribution < 1.29 is 18.4 Å². The van der Waals surface area contributed by atoms with E-state index in [0.29, 0.717) is 18.7 Å². The molecule has 7 nitrogen and oxygen atoms in total. The lowest BCUT2D eigenvalue weighted by Gasteiger charge is -2.13. The van der Waals surface area contributed by atoms with Gasteiger partial charge in [-0.15, -0.1) is 11.3 Å². The lowest BCUT2D eigenvalue weighted by Crippen LogP contribution is -2.26. The molecule has 36 heavy (non-hydrogen) atoms. The summed E-state index contributed by atoms with van der Waals surface area (Å²) in [6, 6.07) is 8.12. The number of thiophene rings is 1. The van der Waals surface area contributed by atoms with Crippen molar-refractivity contribution in [2.75, 3.05) is 6.54 Å². The van der Waals surface area contributed by atoms with E-state index in [2.05, 4.69) is 28.0 Å². The van der Waals surface area contributed by atoms with E-state index in [1.807, 2.05) is 38.3 Å². The molecule has 0 spiro atoms. The Labute approximate surface area is 213 Å². The van der Waals surface area contributed by atoms with E-state index in [-0.39, 0.29) is 18.2 Å². The summed E-state index contributed by atoms with van der Waals surface area (Å²) in [4.78, 5) is 26.8. The summed E-state index contributed by atoms with van der Waals surface area (Å²) in [5.74, 6) is 0.633. The predicted octanol–water partition coefficient (Wildman–Crippen LogP) is 5.38. The molecular weight excluding hydrogens is 474 g/mol. The van der Waals surface area contributed by atoms with Crippen LogP contribution in [0.1, 0.15) is 61.9 Å². The molecule has 0 unspecified atom stereocenters. The Morgan fingerprint density at radius 3 is 2.83 bits per heavy atom. The molecule has 0 saturated carbocycles. The number of rotatable bonds is 7. The van der Waals surface area contributed by atoms with E-state index in [1.165, 1.54) is 4.88 Å². The molecule has 4 aromatic rings. The van der Waals surface area contributed by atoms with E-state index in [1.54, 1.807) is 17.6 Å². The molecule has 0 fully saturated rings. The van der Waals surface area contributed by atoms with Gasteiger partial charge in [0.05, 0.1) is 18.4 Å². The summed E-state index contributed by atoms with van der Waals surface area (Å²) in [5, 5.41) is 10.4. The highest BCUT2D eigenvalue weighted by Crippen LogP contribution is 2.30. The minimum Gasteiger partial charge on any atom is -0.464 e. The molecule has 186 valence electrons. The molecule has 3 heterocycles. The number of fused-ring (bicyclic) bond motifs is 2. The number of aryl methyl sites for hydroxylation is 3. The van der Waals surface area contributed by atoms with Crippen LogP contribution in [0.4, 0.5) is 0 Å². The van der Waals surface area contributed by atoms with Crippen molar-refractivity contribution in [2.24, 2.45) is 5.10 Å².